The molecule has 0 N–H and O–H groups in total. The van der Waals surface area contributed by atoms with Crippen LogP contribution >= 0.6 is 11.6 Å². The van der Waals surface area contributed by atoms with E-state index in [2.05, 4.69) is 208 Å². The summed E-state index contributed by atoms with van der Waals surface area (Å²) < 4.78 is 8.97. The Balaban J connectivity index is 0.000000217. The number of hydrogen-bond acceptors (Lipinski definition) is 0. The molecule has 0 aliphatic heterocycles. The van der Waals surface area contributed by atoms with Crippen molar-refractivity contribution in [3.8, 4) is 22.7 Å². The molecular weight excluding hydrogens is 680 g/mol. The van der Waals surface area contributed by atoms with E-state index in [4.69, 9.17) is 11.6 Å². The van der Waals surface area contributed by atoms with E-state index in [9.17, 15) is 0 Å². The number of aromatic nitrogens is 4. The molecule has 54 heavy (non-hydrogen) atoms. The zero-order valence-corrected chi connectivity index (χ0v) is 36.3. The molecule has 0 saturated carbocycles. The number of benzene rings is 4. The van der Waals surface area contributed by atoms with Gasteiger partial charge in [0.1, 0.15) is 35.1 Å². The van der Waals surface area contributed by atoms with Crippen LogP contribution < -0.4 is 9.13 Å². The second-order valence-corrected chi connectivity index (χ2v) is 17.0. The summed E-state index contributed by atoms with van der Waals surface area (Å²) in [7, 11) is 0. The monoisotopic (exact) mass is 742 g/mol. The molecule has 2 aromatic heterocycles. The van der Waals surface area contributed by atoms with Gasteiger partial charge in [0.15, 0.2) is 5.69 Å². The van der Waals surface area contributed by atoms with E-state index in [1.807, 2.05) is 0 Å². The number of nitrogens with zero attached hydrogens (tertiary/aromatic N) is 4. The van der Waals surface area contributed by atoms with Crippen molar-refractivity contribution >= 4 is 11.6 Å². The van der Waals surface area contributed by atoms with E-state index in [0.29, 0.717) is 23.7 Å². The normalized spacial score (nSPS) is 11.6. The van der Waals surface area contributed by atoms with Crippen LogP contribution in [0.4, 0.5) is 0 Å². The lowest BCUT2D eigenvalue weighted by Gasteiger charge is -2.17. The van der Waals surface area contributed by atoms with E-state index in [-0.39, 0.29) is 0 Å². The third-order valence-corrected chi connectivity index (χ3v) is 11.1. The number of halogens is 1. The maximum absolute atomic E-state index is 7.06. The molecule has 0 atom stereocenters. The first kappa shape index (κ1) is 40.8. The molecule has 4 aromatic carbocycles. The SMILES string of the molecule is Cc1c(Cl)[n+](-c2c(C(C)C)cccc2C(C)C)cn1-c1c(C(C)C)cccc1C(C)C.Cc1cc(C)c(-n2cc[n+](-c3c(C)cc(C)cc3C)c2)c(C)c1. The molecule has 0 spiro atoms. The largest absolute Gasteiger partial charge is 0.255 e. The Morgan fingerprint density at radius 3 is 1.39 bits per heavy atom. The number of hydrogen-bond donors (Lipinski definition) is 0. The summed E-state index contributed by atoms with van der Waals surface area (Å²) in [6.45, 7) is 33.3. The molecule has 0 aliphatic rings. The lowest BCUT2D eigenvalue weighted by atomic mass is 9.92. The number of rotatable bonds is 8. The van der Waals surface area contributed by atoms with Gasteiger partial charge in [-0.3, -0.25) is 0 Å². The molecule has 6 rings (SSSR count). The highest BCUT2D eigenvalue weighted by molar-refractivity contribution is 6.29. The first-order valence-electron chi connectivity index (χ1n) is 19.7. The molecule has 5 heteroatoms. The van der Waals surface area contributed by atoms with E-state index in [1.165, 1.54) is 78.4 Å². The molecule has 0 unspecified atom stereocenters. The Morgan fingerprint density at radius 2 is 0.944 bits per heavy atom. The van der Waals surface area contributed by atoms with Gasteiger partial charge in [0.05, 0.1) is 0 Å². The third-order valence-electron chi connectivity index (χ3n) is 10.7. The van der Waals surface area contributed by atoms with Crippen LogP contribution in [0.5, 0.6) is 0 Å². The summed E-state index contributed by atoms with van der Waals surface area (Å²) in [4.78, 5) is 0. The smallest absolute Gasteiger partial charge is 0.202 e. The van der Waals surface area contributed by atoms with Gasteiger partial charge in [-0.15, -0.1) is 0 Å². The van der Waals surface area contributed by atoms with Crippen molar-refractivity contribution in [3.63, 3.8) is 0 Å². The van der Waals surface area contributed by atoms with Gasteiger partial charge in [-0.25, -0.2) is 9.13 Å². The molecular formula is C49H63ClN4+2. The van der Waals surface area contributed by atoms with Crippen LogP contribution in [0.1, 0.15) is 140 Å². The second kappa shape index (κ2) is 16.5. The molecule has 0 saturated heterocycles. The molecule has 2 heterocycles. The molecule has 6 aromatic rings. The molecule has 4 nitrogen and oxygen atoms in total. The highest BCUT2D eigenvalue weighted by Crippen LogP contribution is 2.35. The predicted molar refractivity (Wildman–Crippen MR) is 229 cm³/mol. The van der Waals surface area contributed by atoms with Gasteiger partial charge >= 0.3 is 0 Å². The van der Waals surface area contributed by atoms with Crippen LogP contribution in [0.2, 0.25) is 5.15 Å². The van der Waals surface area contributed by atoms with Crippen molar-refractivity contribution in [3.05, 3.63) is 152 Å². The summed E-state index contributed by atoms with van der Waals surface area (Å²) in [5.74, 6) is 1.68. The average molecular weight is 744 g/mol. The Labute approximate surface area is 331 Å². The third kappa shape index (κ3) is 8.15. The minimum atomic E-state index is 0.412. The fourth-order valence-electron chi connectivity index (χ4n) is 8.27. The maximum atomic E-state index is 7.06. The van der Waals surface area contributed by atoms with E-state index in [1.54, 1.807) is 0 Å². The van der Waals surface area contributed by atoms with Gasteiger partial charge in [0.25, 0.3) is 12.7 Å². The van der Waals surface area contributed by atoms with Gasteiger partial charge < -0.3 is 0 Å². The highest BCUT2D eigenvalue weighted by atomic mass is 35.5. The van der Waals surface area contributed by atoms with Crippen molar-refractivity contribution < 1.29 is 9.13 Å². The zero-order chi connectivity index (χ0) is 39.8. The molecule has 0 aliphatic carbocycles. The first-order chi connectivity index (χ1) is 25.4. The Hall–Kier alpha value is -4.41. The van der Waals surface area contributed by atoms with E-state index >= 15 is 0 Å². The molecule has 0 bridgehead atoms. The first-order valence-corrected chi connectivity index (χ1v) is 20.1. The second-order valence-electron chi connectivity index (χ2n) is 16.6. The summed E-state index contributed by atoms with van der Waals surface area (Å²) in [6, 6.07) is 22.3. The Bertz CT molecular complexity index is 2020. The van der Waals surface area contributed by atoms with Gasteiger partial charge in [-0.2, -0.15) is 9.13 Å². The predicted octanol–water partition coefficient (Wildman–Crippen LogP) is 12.8. The zero-order valence-electron chi connectivity index (χ0n) is 35.6. The van der Waals surface area contributed by atoms with Crippen molar-refractivity contribution in [1.82, 2.24) is 9.13 Å². The van der Waals surface area contributed by atoms with Gasteiger partial charge in [-0.05, 0) is 99.1 Å². The fraction of sp³-hybridized carbons (Fsp3) is 0.388. The van der Waals surface area contributed by atoms with Crippen molar-refractivity contribution in [2.45, 2.75) is 128 Å². The summed E-state index contributed by atoms with van der Waals surface area (Å²) >= 11 is 7.06. The van der Waals surface area contributed by atoms with E-state index < -0.39 is 0 Å². The van der Waals surface area contributed by atoms with Crippen LogP contribution in [-0.4, -0.2) is 9.13 Å². The number of imidazole rings is 2. The van der Waals surface area contributed by atoms with Crippen molar-refractivity contribution in [2.24, 2.45) is 0 Å². The summed E-state index contributed by atoms with van der Waals surface area (Å²) in [6.07, 6.45) is 8.67. The van der Waals surface area contributed by atoms with Crippen molar-refractivity contribution in [1.29, 1.82) is 0 Å². The lowest BCUT2D eigenvalue weighted by molar-refractivity contribution is -0.595. The standard InChI is InChI=1S/C28H38ClN2.C21H25N2/c1-17(2)22-12-10-13-23(18(3)4)26(22)30-16-31(28(29)21(30)9)27-24(19(5)6)14-11-15-25(27)20(7)8;1-14-9-16(3)20(17(4)10-14)22-7-8-23(13-22)21-18(5)11-15(2)12-19(21)6/h10-20H,1-9H3;7-13H,1-6H3/q2*+1. The highest BCUT2D eigenvalue weighted by Gasteiger charge is 2.30. The van der Waals surface area contributed by atoms with Gasteiger partial charge in [0, 0.05) is 29.2 Å². The fourth-order valence-corrected chi connectivity index (χ4v) is 8.49. The summed E-state index contributed by atoms with van der Waals surface area (Å²) in [5.41, 5.74) is 19.4. The minimum absolute atomic E-state index is 0.412. The van der Waals surface area contributed by atoms with Crippen LogP contribution in [0.25, 0.3) is 22.7 Å². The lowest BCUT2D eigenvalue weighted by Crippen LogP contribution is -2.33. The molecule has 0 amide bonds. The average Bonchev–Trinajstić information content (AvgIpc) is 3.67. The van der Waals surface area contributed by atoms with E-state index in [0.717, 1.165) is 10.8 Å². The Morgan fingerprint density at radius 1 is 0.519 bits per heavy atom. The quantitative estimate of drug-likeness (QED) is 0.138. The number of para-hydroxylation sites is 2. The van der Waals surface area contributed by atoms with Crippen LogP contribution in [0, 0.1) is 48.5 Å². The minimum Gasteiger partial charge on any atom is -0.202 e. The molecule has 284 valence electrons. The van der Waals surface area contributed by atoms with Crippen LogP contribution in [0.3, 0.4) is 0 Å². The van der Waals surface area contributed by atoms with Crippen LogP contribution in [-0.2, 0) is 0 Å². The molecule has 0 fully saturated rings. The van der Waals surface area contributed by atoms with Gasteiger partial charge in [-0.1, -0.05) is 127 Å². The number of aryl methyl sites for hydroxylation is 6. The topological polar surface area (TPSA) is 17.6 Å². The Kier molecular flexibility index (Phi) is 12.5. The maximum Gasteiger partial charge on any atom is 0.255 e. The molecule has 0 radical (unpaired) electrons. The van der Waals surface area contributed by atoms with Gasteiger partial charge in [0.2, 0.25) is 5.15 Å². The van der Waals surface area contributed by atoms with Crippen LogP contribution in [0.15, 0.2) is 85.7 Å². The summed E-state index contributed by atoms with van der Waals surface area (Å²) in [5, 5.41) is 0.781. The van der Waals surface area contributed by atoms with Crippen molar-refractivity contribution in [2.75, 3.05) is 0 Å².